The minimum atomic E-state index is 0.121. The molecule has 1 amide bonds. The van der Waals surface area contributed by atoms with Crippen molar-refractivity contribution in [1.82, 2.24) is 10.6 Å². The van der Waals surface area contributed by atoms with Crippen LogP contribution in [-0.4, -0.2) is 19.0 Å². The Morgan fingerprint density at radius 3 is 2.82 bits per heavy atom. The Balaban J connectivity index is 1.81. The number of benzene rings is 1. The molecule has 0 spiro atoms. The van der Waals surface area contributed by atoms with Crippen molar-refractivity contribution in [2.24, 2.45) is 5.92 Å². The zero-order chi connectivity index (χ0) is 12.1. The van der Waals surface area contributed by atoms with Gasteiger partial charge in [-0.2, -0.15) is 0 Å². The number of carbonyl (C=O) groups is 1. The van der Waals surface area contributed by atoms with E-state index in [0.717, 1.165) is 36.5 Å². The summed E-state index contributed by atoms with van der Waals surface area (Å²) in [5.74, 6) is 0.267. The summed E-state index contributed by atoms with van der Waals surface area (Å²) >= 11 is 5.80. The molecule has 1 saturated heterocycles. The molecule has 0 saturated carbocycles. The molecule has 2 N–H and O–H groups in total. The summed E-state index contributed by atoms with van der Waals surface area (Å²) in [5.41, 5.74) is 1.08. The van der Waals surface area contributed by atoms with Crippen LogP contribution >= 0.6 is 11.6 Å². The molecule has 0 radical (unpaired) electrons. The fraction of sp³-hybridized carbons (Fsp3) is 0.462. The van der Waals surface area contributed by atoms with E-state index in [2.05, 4.69) is 10.6 Å². The molecular formula is C13H17ClN2O. The molecule has 1 aliphatic heterocycles. The molecule has 92 valence electrons. The van der Waals surface area contributed by atoms with Gasteiger partial charge >= 0.3 is 0 Å². The molecule has 3 nitrogen and oxygen atoms in total. The molecule has 1 aromatic rings. The summed E-state index contributed by atoms with van der Waals surface area (Å²) in [6, 6.07) is 7.54. The summed E-state index contributed by atoms with van der Waals surface area (Å²) in [6.07, 6.45) is 2.07. The molecule has 0 bridgehead atoms. The Morgan fingerprint density at radius 1 is 1.41 bits per heavy atom. The van der Waals surface area contributed by atoms with Crippen molar-refractivity contribution in [2.45, 2.75) is 19.4 Å². The average Bonchev–Trinajstić information content (AvgIpc) is 2.39. The monoisotopic (exact) mass is 252 g/mol. The lowest BCUT2D eigenvalue weighted by Crippen LogP contribution is -2.40. The van der Waals surface area contributed by atoms with Crippen LogP contribution in [0.15, 0.2) is 24.3 Å². The van der Waals surface area contributed by atoms with Gasteiger partial charge in [-0.15, -0.1) is 0 Å². The predicted molar refractivity (Wildman–Crippen MR) is 68.9 cm³/mol. The van der Waals surface area contributed by atoms with E-state index in [-0.39, 0.29) is 11.8 Å². The van der Waals surface area contributed by atoms with Crippen molar-refractivity contribution in [3.05, 3.63) is 34.9 Å². The van der Waals surface area contributed by atoms with Crippen molar-refractivity contribution in [1.29, 1.82) is 0 Å². The number of piperidine rings is 1. The van der Waals surface area contributed by atoms with Crippen molar-refractivity contribution >= 4 is 17.5 Å². The number of rotatable bonds is 3. The second-order valence-corrected chi connectivity index (χ2v) is 4.82. The van der Waals surface area contributed by atoms with E-state index in [0.29, 0.717) is 6.54 Å². The van der Waals surface area contributed by atoms with Gasteiger partial charge in [0.2, 0.25) is 5.91 Å². The lowest BCUT2D eigenvalue weighted by atomic mass is 9.99. The standard InChI is InChI=1S/C13H17ClN2O/c14-12-5-3-10(4-6-12)8-16-13(17)11-2-1-7-15-9-11/h3-6,11,15H,1-2,7-9H2,(H,16,17)/t11-/m0/s1. The minimum Gasteiger partial charge on any atom is -0.352 e. The highest BCUT2D eigenvalue weighted by molar-refractivity contribution is 6.30. The fourth-order valence-electron chi connectivity index (χ4n) is 2.01. The maximum Gasteiger partial charge on any atom is 0.224 e. The van der Waals surface area contributed by atoms with Gasteiger partial charge in [0.15, 0.2) is 0 Å². The summed E-state index contributed by atoms with van der Waals surface area (Å²) in [4.78, 5) is 11.9. The SMILES string of the molecule is O=C(NCc1ccc(Cl)cc1)[C@H]1CCCNC1. The van der Waals surface area contributed by atoms with Crippen molar-refractivity contribution in [2.75, 3.05) is 13.1 Å². The van der Waals surface area contributed by atoms with Crippen LogP contribution < -0.4 is 10.6 Å². The topological polar surface area (TPSA) is 41.1 Å². The van der Waals surface area contributed by atoms with Crippen molar-refractivity contribution in [3.63, 3.8) is 0 Å². The normalized spacial score (nSPS) is 19.9. The van der Waals surface area contributed by atoms with Crippen LogP contribution in [0.1, 0.15) is 18.4 Å². The third kappa shape index (κ3) is 3.72. The molecule has 0 aliphatic carbocycles. The van der Waals surface area contributed by atoms with Gasteiger partial charge in [-0.05, 0) is 37.1 Å². The summed E-state index contributed by atoms with van der Waals surface area (Å²) in [7, 11) is 0. The summed E-state index contributed by atoms with van der Waals surface area (Å²) in [6.45, 7) is 2.40. The van der Waals surface area contributed by atoms with Gasteiger partial charge in [0.25, 0.3) is 0 Å². The first-order chi connectivity index (χ1) is 8.25. The van der Waals surface area contributed by atoms with E-state index in [4.69, 9.17) is 11.6 Å². The Morgan fingerprint density at radius 2 is 2.18 bits per heavy atom. The van der Waals surface area contributed by atoms with E-state index in [1.807, 2.05) is 24.3 Å². The number of hydrogen-bond donors (Lipinski definition) is 2. The fourth-order valence-corrected chi connectivity index (χ4v) is 2.14. The Labute approximate surface area is 107 Å². The third-order valence-corrected chi connectivity index (χ3v) is 3.30. The van der Waals surface area contributed by atoms with Crippen LogP contribution in [0.3, 0.4) is 0 Å². The number of nitrogens with one attached hydrogen (secondary N) is 2. The average molecular weight is 253 g/mol. The number of amides is 1. The molecule has 4 heteroatoms. The van der Waals surface area contributed by atoms with Gasteiger partial charge in [0, 0.05) is 18.1 Å². The second-order valence-electron chi connectivity index (χ2n) is 4.39. The molecule has 1 aromatic carbocycles. The predicted octanol–water partition coefficient (Wildman–Crippen LogP) is 1.96. The van der Waals surface area contributed by atoms with E-state index in [1.54, 1.807) is 0 Å². The highest BCUT2D eigenvalue weighted by Gasteiger charge is 2.20. The van der Waals surface area contributed by atoms with E-state index >= 15 is 0 Å². The molecule has 1 atom stereocenters. The Kier molecular flexibility index (Phi) is 4.40. The smallest absolute Gasteiger partial charge is 0.224 e. The number of carbonyl (C=O) groups excluding carboxylic acids is 1. The van der Waals surface area contributed by atoms with Crippen LogP contribution in [0.25, 0.3) is 0 Å². The molecular weight excluding hydrogens is 236 g/mol. The van der Waals surface area contributed by atoms with Crippen molar-refractivity contribution < 1.29 is 4.79 Å². The van der Waals surface area contributed by atoms with Gasteiger partial charge in [0.05, 0.1) is 5.92 Å². The second kappa shape index (κ2) is 6.03. The molecule has 1 aliphatic rings. The largest absolute Gasteiger partial charge is 0.352 e. The van der Waals surface area contributed by atoms with Crippen LogP contribution in [0.2, 0.25) is 5.02 Å². The first-order valence-electron chi connectivity index (χ1n) is 5.98. The van der Waals surface area contributed by atoms with E-state index < -0.39 is 0 Å². The highest BCUT2D eigenvalue weighted by atomic mass is 35.5. The van der Waals surface area contributed by atoms with Gasteiger partial charge < -0.3 is 10.6 Å². The molecule has 0 unspecified atom stereocenters. The lowest BCUT2D eigenvalue weighted by Gasteiger charge is -2.21. The zero-order valence-electron chi connectivity index (χ0n) is 9.71. The van der Waals surface area contributed by atoms with Crippen LogP contribution in [0.4, 0.5) is 0 Å². The molecule has 1 heterocycles. The van der Waals surface area contributed by atoms with E-state index in [1.165, 1.54) is 0 Å². The third-order valence-electron chi connectivity index (χ3n) is 3.05. The van der Waals surface area contributed by atoms with Gasteiger partial charge in [-0.3, -0.25) is 4.79 Å². The number of halogens is 1. The molecule has 17 heavy (non-hydrogen) atoms. The molecule has 2 rings (SSSR count). The quantitative estimate of drug-likeness (QED) is 0.864. The summed E-state index contributed by atoms with van der Waals surface area (Å²) < 4.78 is 0. The van der Waals surface area contributed by atoms with Crippen molar-refractivity contribution in [3.8, 4) is 0 Å². The Bertz CT molecular complexity index is 372. The maximum atomic E-state index is 11.9. The zero-order valence-corrected chi connectivity index (χ0v) is 10.5. The summed E-state index contributed by atoms with van der Waals surface area (Å²) in [5, 5.41) is 6.93. The molecule has 1 fully saturated rings. The molecule has 0 aromatic heterocycles. The number of hydrogen-bond acceptors (Lipinski definition) is 2. The first-order valence-corrected chi connectivity index (χ1v) is 6.36. The van der Waals surface area contributed by atoms with Gasteiger partial charge in [-0.25, -0.2) is 0 Å². The first kappa shape index (κ1) is 12.4. The van der Waals surface area contributed by atoms with E-state index in [9.17, 15) is 4.79 Å². The van der Waals surface area contributed by atoms with Crippen LogP contribution in [0.5, 0.6) is 0 Å². The Hall–Kier alpha value is -1.06. The lowest BCUT2D eigenvalue weighted by molar-refractivity contribution is -0.125. The van der Waals surface area contributed by atoms with Crippen LogP contribution in [0, 0.1) is 5.92 Å². The van der Waals surface area contributed by atoms with Gasteiger partial charge in [0.1, 0.15) is 0 Å². The van der Waals surface area contributed by atoms with Gasteiger partial charge in [-0.1, -0.05) is 23.7 Å². The minimum absolute atomic E-state index is 0.121. The highest BCUT2D eigenvalue weighted by Crippen LogP contribution is 2.11. The maximum absolute atomic E-state index is 11.9. The van der Waals surface area contributed by atoms with Crippen LogP contribution in [-0.2, 0) is 11.3 Å².